The van der Waals surface area contributed by atoms with Crippen LogP contribution in [0, 0.1) is 0 Å². The van der Waals surface area contributed by atoms with E-state index in [1.807, 2.05) is 85.2 Å². The SMILES string of the molecule is c1ccc(-c2nc(-c3ccccc3)nc(-c3cccc(-c4cccc5ccc(-c6cc7oc8ccncc8c7cn6)cc45)c3)n2)cc1. The molecule has 0 N–H and O–H groups in total. The van der Waals surface area contributed by atoms with Crippen LogP contribution < -0.4 is 0 Å². The van der Waals surface area contributed by atoms with Crippen LogP contribution in [0.2, 0.25) is 0 Å². The third-order valence-corrected chi connectivity index (χ3v) is 8.47. The smallest absolute Gasteiger partial charge is 0.164 e. The predicted molar refractivity (Wildman–Crippen MR) is 187 cm³/mol. The van der Waals surface area contributed by atoms with Gasteiger partial charge < -0.3 is 4.42 Å². The van der Waals surface area contributed by atoms with Crippen LogP contribution in [0.3, 0.4) is 0 Å². The van der Waals surface area contributed by atoms with Crippen molar-refractivity contribution in [3.05, 3.63) is 152 Å². The Kier molecular flexibility index (Phi) is 6.35. The number of nitrogens with zero attached hydrogens (tertiary/aromatic N) is 5. The normalized spacial score (nSPS) is 11.4. The molecule has 6 nitrogen and oxygen atoms in total. The lowest BCUT2D eigenvalue weighted by molar-refractivity contribution is 0.668. The Morgan fingerprint density at radius 3 is 1.85 bits per heavy atom. The molecule has 0 aliphatic heterocycles. The maximum absolute atomic E-state index is 6.13. The van der Waals surface area contributed by atoms with E-state index in [2.05, 4.69) is 65.6 Å². The third kappa shape index (κ3) is 4.89. The van der Waals surface area contributed by atoms with Gasteiger partial charge in [0.25, 0.3) is 0 Å². The van der Waals surface area contributed by atoms with Gasteiger partial charge in [-0.3, -0.25) is 9.97 Å². The molecule has 9 rings (SSSR count). The van der Waals surface area contributed by atoms with Crippen molar-refractivity contribution in [3.63, 3.8) is 0 Å². The van der Waals surface area contributed by atoms with Crippen molar-refractivity contribution in [2.24, 2.45) is 0 Å². The number of benzene rings is 5. The first-order valence-electron chi connectivity index (χ1n) is 15.4. The fourth-order valence-electron chi connectivity index (χ4n) is 6.12. The Balaban J connectivity index is 1.15. The van der Waals surface area contributed by atoms with Crippen LogP contribution in [0.15, 0.2) is 156 Å². The highest BCUT2D eigenvalue weighted by molar-refractivity contribution is 6.05. The van der Waals surface area contributed by atoms with E-state index in [-0.39, 0.29) is 0 Å². The monoisotopic (exact) mass is 603 g/mol. The van der Waals surface area contributed by atoms with Crippen molar-refractivity contribution in [2.75, 3.05) is 0 Å². The molecule has 0 atom stereocenters. The Morgan fingerprint density at radius 2 is 1.09 bits per heavy atom. The molecule has 0 saturated carbocycles. The fourth-order valence-corrected chi connectivity index (χ4v) is 6.12. The van der Waals surface area contributed by atoms with Crippen LogP contribution in [0.5, 0.6) is 0 Å². The van der Waals surface area contributed by atoms with Gasteiger partial charge in [-0.05, 0) is 40.1 Å². The molecular formula is C41H25N5O. The molecule has 9 aromatic rings. The van der Waals surface area contributed by atoms with Gasteiger partial charge in [0.05, 0.1) is 5.69 Å². The van der Waals surface area contributed by atoms with E-state index in [0.717, 1.165) is 71.8 Å². The Labute approximate surface area is 270 Å². The van der Waals surface area contributed by atoms with E-state index in [1.54, 1.807) is 6.20 Å². The molecule has 0 fully saturated rings. The molecule has 5 aromatic carbocycles. The van der Waals surface area contributed by atoms with Crippen molar-refractivity contribution in [1.82, 2.24) is 24.9 Å². The summed E-state index contributed by atoms with van der Waals surface area (Å²) < 4.78 is 6.13. The largest absolute Gasteiger partial charge is 0.456 e. The van der Waals surface area contributed by atoms with Crippen LogP contribution in [-0.4, -0.2) is 24.9 Å². The Bertz CT molecular complexity index is 2520. The lowest BCUT2D eigenvalue weighted by atomic mass is 9.95. The minimum atomic E-state index is 0.624. The van der Waals surface area contributed by atoms with Crippen molar-refractivity contribution in [1.29, 1.82) is 0 Å². The zero-order valence-corrected chi connectivity index (χ0v) is 25.1. The minimum absolute atomic E-state index is 0.624. The minimum Gasteiger partial charge on any atom is -0.456 e. The zero-order valence-electron chi connectivity index (χ0n) is 25.1. The molecule has 0 saturated heterocycles. The average Bonchev–Trinajstić information content (AvgIpc) is 3.53. The summed E-state index contributed by atoms with van der Waals surface area (Å²) in [5.74, 6) is 1.90. The molecule has 0 bridgehead atoms. The van der Waals surface area contributed by atoms with Crippen LogP contribution in [-0.2, 0) is 0 Å². The van der Waals surface area contributed by atoms with Crippen LogP contribution in [0.25, 0.3) is 89.3 Å². The molecular weight excluding hydrogens is 578 g/mol. The second kappa shape index (κ2) is 11.1. The highest BCUT2D eigenvalue weighted by atomic mass is 16.3. The predicted octanol–water partition coefficient (Wildman–Crippen LogP) is 10.0. The van der Waals surface area contributed by atoms with Gasteiger partial charge >= 0.3 is 0 Å². The summed E-state index contributed by atoms with van der Waals surface area (Å²) >= 11 is 0. The number of hydrogen-bond acceptors (Lipinski definition) is 6. The second-order valence-corrected chi connectivity index (χ2v) is 11.4. The molecule has 0 aliphatic rings. The molecule has 220 valence electrons. The van der Waals surface area contributed by atoms with Gasteiger partial charge in [-0.1, -0.05) is 109 Å². The van der Waals surface area contributed by atoms with Crippen LogP contribution in [0.1, 0.15) is 0 Å². The first kappa shape index (κ1) is 26.8. The van der Waals surface area contributed by atoms with Gasteiger partial charge in [0.15, 0.2) is 17.5 Å². The second-order valence-electron chi connectivity index (χ2n) is 11.4. The van der Waals surface area contributed by atoms with E-state index in [0.29, 0.717) is 17.5 Å². The Morgan fingerprint density at radius 1 is 0.426 bits per heavy atom. The first-order valence-corrected chi connectivity index (χ1v) is 15.4. The van der Waals surface area contributed by atoms with Gasteiger partial charge in [-0.25, -0.2) is 15.0 Å². The molecule has 0 amide bonds. The maximum Gasteiger partial charge on any atom is 0.164 e. The van der Waals surface area contributed by atoms with Crippen molar-refractivity contribution in [3.8, 4) is 56.5 Å². The molecule has 0 spiro atoms. The highest BCUT2D eigenvalue weighted by Gasteiger charge is 2.15. The number of aromatic nitrogens is 5. The van der Waals surface area contributed by atoms with Crippen molar-refractivity contribution >= 4 is 32.7 Å². The summed E-state index contributed by atoms with van der Waals surface area (Å²) in [7, 11) is 0. The average molecular weight is 604 g/mol. The Hall–Kier alpha value is -6.53. The number of rotatable bonds is 5. The van der Waals surface area contributed by atoms with Gasteiger partial charge in [0.1, 0.15) is 11.2 Å². The number of fused-ring (bicyclic) bond motifs is 4. The third-order valence-electron chi connectivity index (χ3n) is 8.47. The van der Waals surface area contributed by atoms with Gasteiger partial charge in [0.2, 0.25) is 0 Å². The fraction of sp³-hybridized carbons (Fsp3) is 0. The summed E-state index contributed by atoms with van der Waals surface area (Å²) in [5.41, 5.74) is 8.44. The quantitative estimate of drug-likeness (QED) is 0.195. The topological polar surface area (TPSA) is 77.6 Å². The molecule has 47 heavy (non-hydrogen) atoms. The number of pyridine rings is 2. The standard InChI is InChI=1S/C41H25N5O/c1-3-9-27(10-4-1)39-44-40(28-11-5-2-6-12-28)46-41(45-39)31-15-7-14-29(21-31)32-16-8-13-26-17-18-30(22-33(26)32)36-23-38-35(25-43-36)34-24-42-20-19-37(34)47-38/h1-25H. The molecule has 4 heterocycles. The van der Waals surface area contributed by atoms with Crippen molar-refractivity contribution in [2.45, 2.75) is 0 Å². The summed E-state index contributed by atoms with van der Waals surface area (Å²) in [4.78, 5) is 23.8. The molecule has 0 aliphatic carbocycles. The summed E-state index contributed by atoms with van der Waals surface area (Å²) in [6.45, 7) is 0. The van der Waals surface area contributed by atoms with Gasteiger partial charge in [-0.15, -0.1) is 0 Å². The lowest BCUT2D eigenvalue weighted by Crippen LogP contribution is -2.00. The van der Waals surface area contributed by atoms with Crippen molar-refractivity contribution < 1.29 is 4.42 Å². The van der Waals surface area contributed by atoms with Gasteiger partial charge in [0, 0.05) is 57.7 Å². The molecule has 0 radical (unpaired) electrons. The van der Waals surface area contributed by atoms with Gasteiger partial charge in [-0.2, -0.15) is 0 Å². The first-order chi connectivity index (χ1) is 23.3. The molecule has 4 aromatic heterocycles. The number of hydrogen-bond donors (Lipinski definition) is 0. The van der Waals surface area contributed by atoms with E-state index in [9.17, 15) is 0 Å². The van der Waals surface area contributed by atoms with E-state index < -0.39 is 0 Å². The molecule has 0 unspecified atom stereocenters. The summed E-state index contributed by atoms with van der Waals surface area (Å²) in [6, 6.07) is 45.2. The zero-order chi connectivity index (χ0) is 31.2. The lowest BCUT2D eigenvalue weighted by Gasteiger charge is -2.12. The molecule has 6 heteroatoms. The highest BCUT2D eigenvalue weighted by Crippen LogP contribution is 2.35. The summed E-state index contributed by atoms with van der Waals surface area (Å²) in [5, 5.41) is 4.19. The van der Waals surface area contributed by atoms with Crippen LogP contribution in [0.4, 0.5) is 0 Å². The van der Waals surface area contributed by atoms with E-state index in [4.69, 9.17) is 24.4 Å². The van der Waals surface area contributed by atoms with E-state index >= 15 is 0 Å². The van der Waals surface area contributed by atoms with Crippen LogP contribution >= 0.6 is 0 Å². The number of furan rings is 1. The summed E-state index contributed by atoms with van der Waals surface area (Å²) in [6.07, 6.45) is 5.44. The maximum atomic E-state index is 6.13. The van der Waals surface area contributed by atoms with E-state index in [1.165, 1.54) is 0 Å².